The third-order valence-electron chi connectivity index (χ3n) is 4.10. The highest BCUT2D eigenvalue weighted by atomic mass is 35.5. The molecule has 1 aromatic rings. The maximum absolute atomic E-state index is 12.6. The number of amides is 3. The first-order valence-electron chi connectivity index (χ1n) is 8.08. The number of nitrogens with zero attached hydrogens (tertiary/aromatic N) is 2. The molecule has 2 heterocycles. The Bertz CT molecular complexity index is 822. The molecular weight excluding hydrogens is 396 g/mol. The molecular formula is C17H17ClN2O6S. The molecule has 2 fully saturated rings. The number of halogens is 1. The number of ether oxygens (including phenoxy) is 2. The number of carbonyl (C=O) groups is 3. The van der Waals surface area contributed by atoms with Gasteiger partial charge >= 0.3 is 0 Å². The second-order valence-electron chi connectivity index (χ2n) is 5.81. The number of morpholine rings is 1. The molecule has 1 N–H and O–H groups in total. The Kier molecular flexibility index (Phi) is 5.93. The highest BCUT2D eigenvalue weighted by molar-refractivity contribution is 8.18. The highest BCUT2D eigenvalue weighted by Gasteiger charge is 2.37. The third kappa shape index (κ3) is 4.20. The van der Waals surface area contributed by atoms with Crippen molar-refractivity contribution in [1.82, 2.24) is 9.80 Å². The van der Waals surface area contributed by atoms with E-state index in [1.54, 1.807) is 4.90 Å². The van der Waals surface area contributed by atoms with Crippen molar-refractivity contribution >= 4 is 46.5 Å². The summed E-state index contributed by atoms with van der Waals surface area (Å²) in [5, 5.41) is 9.33. The number of carbonyl (C=O) groups excluding carboxylic acids is 3. The summed E-state index contributed by atoms with van der Waals surface area (Å²) in [6.07, 6.45) is 1.47. The third-order valence-corrected chi connectivity index (χ3v) is 5.29. The predicted octanol–water partition coefficient (Wildman–Crippen LogP) is 1.95. The normalized spacial score (nSPS) is 19.1. The van der Waals surface area contributed by atoms with E-state index in [2.05, 4.69) is 0 Å². The minimum Gasteiger partial charge on any atom is -0.503 e. The molecule has 27 heavy (non-hydrogen) atoms. The highest BCUT2D eigenvalue weighted by Crippen LogP contribution is 2.37. The van der Waals surface area contributed by atoms with E-state index in [1.165, 1.54) is 25.3 Å². The Hall–Kier alpha value is -2.23. The van der Waals surface area contributed by atoms with E-state index in [-0.39, 0.29) is 33.9 Å². The van der Waals surface area contributed by atoms with E-state index in [4.69, 9.17) is 21.1 Å². The van der Waals surface area contributed by atoms with Crippen LogP contribution in [0.5, 0.6) is 11.5 Å². The lowest BCUT2D eigenvalue weighted by Gasteiger charge is -2.28. The number of aromatic hydroxyl groups is 1. The van der Waals surface area contributed by atoms with Gasteiger partial charge in [0.1, 0.15) is 6.54 Å². The summed E-state index contributed by atoms with van der Waals surface area (Å²) in [6.45, 7) is 1.46. The Morgan fingerprint density at radius 3 is 2.74 bits per heavy atom. The van der Waals surface area contributed by atoms with Crippen LogP contribution in [0.4, 0.5) is 4.79 Å². The Morgan fingerprint density at radius 2 is 2.07 bits per heavy atom. The van der Waals surface area contributed by atoms with Crippen LogP contribution in [0.2, 0.25) is 5.02 Å². The number of benzene rings is 1. The molecule has 2 saturated heterocycles. The van der Waals surface area contributed by atoms with Gasteiger partial charge < -0.3 is 19.5 Å². The number of phenolic OH excluding ortho intramolecular Hbond substituents is 1. The summed E-state index contributed by atoms with van der Waals surface area (Å²) < 4.78 is 10.2. The Morgan fingerprint density at radius 1 is 1.37 bits per heavy atom. The van der Waals surface area contributed by atoms with Crippen LogP contribution >= 0.6 is 23.4 Å². The van der Waals surface area contributed by atoms with Crippen molar-refractivity contribution in [3.8, 4) is 11.5 Å². The fourth-order valence-corrected chi connectivity index (χ4v) is 3.73. The lowest BCUT2D eigenvalue weighted by Crippen LogP contribution is -2.46. The zero-order valence-corrected chi connectivity index (χ0v) is 16.0. The smallest absolute Gasteiger partial charge is 0.294 e. The van der Waals surface area contributed by atoms with E-state index < -0.39 is 11.1 Å². The summed E-state index contributed by atoms with van der Waals surface area (Å²) >= 11 is 6.69. The van der Waals surface area contributed by atoms with E-state index in [9.17, 15) is 19.5 Å². The number of phenols is 1. The number of hydrogen-bond donors (Lipinski definition) is 1. The second kappa shape index (κ2) is 8.20. The van der Waals surface area contributed by atoms with Crippen molar-refractivity contribution in [2.45, 2.75) is 0 Å². The van der Waals surface area contributed by atoms with Gasteiger partial charge in [0.25, 0.3) is 11.1 Å². The quantitative estimate of drug-likeness (QED) is 0.755. The van der Waals surface area contributed by atoms with Crippen molar-refractivity contribution < 1.29 is 29.0 Å². The van der Waals surface area contributed by atoms with Crippen LogP contribution in [-0.2, 0) is 14.3 Å². The van der Waals surface area contributed by atoms with Crippen molar-refractivity contribution in [3.63, 3.8) is 0 Å². The van der Waals surface area contributed by atoms with Gasteiger partial charge in [-0.05, 0) is 35.5 Å². The maximum Gasteiger partial charge on any atom is 0.294 e. The van der Waals surface area contributed by atoms with Crippen LogP contribution in [0.3, 0.4) is 0 Å². The molecule has 2 aliphatic heterocycles. The largest absolute Gasteiger partial charge is 0.503 e. The van der Waals surface area contributed by atoms with Gasteiger partial charge in [0.15, 0.2) is 11.5 Å². The summed E-state index contributed by atoms with van der Waals surface area (Å²) in [4.78, 5) is 39.7. The molecule has 8 nitrogen and oxygen atoms in total. The van der Waals surface area contributed by atoms with E-state index in [1.807, 2.05) is 0 Å². The minimum atomic E-state index is -0.547. The first-order valence-corrected chi connectivity index (χ1v) is 9.27. The first-order chi connectivity index (χ1) is 12.9. The molecule has 0 saturated carbocycles. The summed E-state index contributed by atoms with van der Waals surface area (Å²) in [5.74, 6) is -0.901. The van der Waals surface area contributed by atoms with Gasteiger partial charge in [-0.25, -0.2) is 0 Å². The average molecular weight is 413 g/mol. The van der Waals surface area contributed by atoms with Crippen LogP contribution in [0.25, 0.3) is 6.08 Å². The van der Waals surface area contributed by atoms with Gasteiger partial charge in [-0.3, -0.25) is 19.3 Å². The van der Waals surface area contributed by atoms with Gasteiger partial charge in [-0.2, -0.15) is 0 Å². The molecule has 0 atom stereocenters. The monoisotopic (exact) mass is 412 g/mol. The van der Waals surface area contributed by atoms with Crippen LogP contribution in [0, 0.1) is 0 Å². The molecule has 2 aliphatic rings. The second-order valence-corrected chi connectivity index (χ2v) is 7.22. The lowest BCUT2D eigenvalue weighted by atomic mass is 10.2. The molecule has 3 rings (SSSR count). The molecule has 0 spiro atoms. The van der Waals surface area contributed by atoms with E-state index in [0.29, 0.717) is 31.9 Å². The predicted molar refractivity (Wildman–Crippen MR) is 99.7 cm³/mol. The number of hydrogen-bond acceptors (Lipinski definition) is 7. The minimum absolute atomic E-state index is 0.0577. The summed E-state index contributed by atoms with van der Waals surface area (Å²) in [7, 11) is 1.38. The van der Waals surface area contributed by atoms with Gasteiger partial charge in [-0.1, -0.05) is 11.6 Å². The zero-order chi connectivity index (χ0) is 19.6. The lowest BCUT2D eigenvalue weighted by molar-refractivity contribution is -0.139. The molecule has 1 aromatic carbocycles. The molecule has 0 bridgehead atoms. The molecule has 10 heteroatoms. The van der Waals surface area contributed by atoms with Crippen molar-refractivity contribution in [2.75, 3.05) is 40.0 Å². The average Bonchev–Trinajstić information content (AvgIpc) is 2.92. The number of thioether (sulfide) groups is 1. The molecule has 0 unspecified atom stereocenters. The Balaban J connectivity index is 1.76. The summed E-state index contributed by atoms with van der Waals surface area (Å²) in [5.41, 5.74) is 0.486. The fourth-order valence-electron chi connectivity index (χ4n) is 2.67. The fraction of sp³-hybridized carbons (Fsp3) is 0.353. The van der Waals surface area contributed by atoms with Crippen LogP contribution in [0.15, 0.2) is 17.0 Å². The van der Waals surface area contributed by atoms with Gasteiger partial charge in [0.05, 0.1) is 30.3 Å². The zero-order valence-electron chi connectivity index (χ0n) is 14.4. The molecule has 3 amide bonds. The topological polar surface area (TPSA) is 96.4 Å². The maximum atomic E-state index is 12.6. The van der Waals surface area contributed by atoms with Crippen molar-refractivity contribution in [2.24, 2.45) is 0 Å². The Labute approximate surface area is 164 Å². The van der Waals surface area contributed by atoms with Gasteiger partial charge in [-0.15, -0.1) is 0 Å². The van der Waals surface area contributed by atoms with Gasteiger partial charge in [0.2, 0.25) is 5.91 Å². The van der Waals surface area contributed by atoms with Gasteiger partial charge in [0, 0.05) is 13.1 Å². The van der Waals surface area contributed by atoms with Crippen LogP contribution < -0.4 is 4.74 Å². The number of rotatable bonds is 4. The van der Waals surface area contributed by atoms with E-state index in [0.717, 1.165) is 16.7 Å². The van der Waals surface area contributed by atoms with E-state index >= 15 is 0 Å². The molecule has 0 aromatic heterocycles. The van der Waals surface area contributed by atoms with Crippen molar-refractivity contribution in [1.29, 1.82) is 0 Å². The first kappa shape index (κ1) is 19.5. The molecule has 0 radical (unpaired) electrons. The molecule has 144 valence electrons. The standard InChI is InChI=1S/C17H17ClN2O6S/c1-25-12-7-10(6-11(18)15(12)22)8-13-16(23)20(17(24)27-13)9-14(21)19-2-4-26-5-3-19/h6-8,22H,2-5,9H2,1H3/b13-8+. The summed E-state index contributed by atoms with van der Waals surface area (Å²) in [6, 6.07) is 2.94. The SMILES string of the molecule is COc1cc(/C=C2/SC(=O)N(CC(=O)N3CCOCC3)C2=O)cc(Cl)c1O. The number of methoxy groups -OCH3 is 1. The van der Waals surface area contributed by atoms with Crippen molar-refractivity contribution in [3.05, 3.63) is 27.6 Å². The van der Waals surface area contributed by atoms with Crippen LogP contribution in [0.1, 0.15) is 5.56 Å². The molecule has 0 aliphatic carbocycles. The van der Waals surface area contributed by atoms with Crippen LogP contribution in [-0.4, -0.2) is 71.9 Å². The number of imide groups is 1.